The average molecular weight is 362 g/mol. The summed E-state index contributed by atoms with van der Waals surface area (Å²) in [5.74, 6) is 0.831. The van der Waals surface area contributed by atoms with E-state index in [0.29, 0.717) is 30.5 Å². The largest absolute Gasteiger partial charge is 0.385 e. The molecular weight excluding hydrogens is 340 g/mol. The van der Waals surface area contributed by atoms with Crippen LogP contribution in [-0.4, -0.2) is 36.1 Å². The first-order valence-electron chi connectivity index (χ1n) is 8.80. The number of nitrogens with one attached hydrogen (secondary N) is 2. The normalized spacial score (nSPS) is 10.4. The maximum Gasteiger partial charge on any atom is 0.270 e. The Morgan fingerprint density at radius 2 is 1.70 bits per heavy atom. The van der Waals surface area contributed by atoms with Crippen molar-refractivity contribution in [3.63, 3.8) is 0 Å². The molecule has 0 saturated carbocycles. The molecule has 27 heavy (non-hydrogen) atoms. The number of carbonyl (C=O) groups is 1. The molecule has 3 rings (SSSR count). The molecule has 1 amide bonds. The molecule has 6 nitrogen and oxygen atoms in total. The summed E-state index contributed by atoms with van der Waals surface area (Å²) in [6.45, 7) is 1.12. The highest BCUT2D eigenvalue weighted by Crippen LogP contribution is 2.20. The fourth-order valence-electron chi connectivity index (χ4n) is 2.52. The first kappa shape index (κ1) is 18.5. The van der Waals surface area contributed by atoms with Gasteiger partial charge in [-0.05, 0) is 18.6 Å². The smallest absolute Gasteiger partial charge is 0.270 e. The molecule has 0 fully saturated rings. The number of nitrogens with zero attached hydrogens (tertiary/aromatic N) is 2. The number of ether oxygens (including phenoxy) is 1. The van der Waals surface area contributed by atoms with Gasteiger partial charge >= 0.3 is 0 Å². The zero-order valence-corrected chi connectivity index (χ0v) is 15.2. The maximum absolute atomic E-state index is 12.5. The minimum absolute atomic E-state index is 0.234. The second-order valence-electron chi connectivity index (χ2n) is 5.92. The molecule has 0 bridgehead atoms. The first-order chi connectivity index (χ1) is 13.3. The van der Waals surface area contributed by atoms with E-state index in [0.717, 1.165) is 17.7 Å². The molecule has 1 aromatic heterocycles. The van der Waals surface area contributed by atoms with Crippen LogP contribution in [0.15, 0.2) is 66.7 Å². The SMILES string of the molecule is COCCCNC(=O)c1cc(Nc2ccccc2)nc(-c2ccccc2)n1. The monoisotopic (exact) mass is 362 g/mol. The van der Waals surface area contributed by atoms with Crippen molar-refractivity contribution in [1.82, 2.24) is 15.3 Å². The fraction of sp³-hybridized carbons (Fsp3) is 0.190. The Morgan fingerprint density at radius 1 is 1.00 bits per heavy atom. The standard InChI is InChI=1S/C21H22N4O2/c1-27-14-8-13-22-21(26)18-15-19(23-17-11-6-3-7-12-17)25-20(24-18)16-9-4-2-5-10-16/h2-7,9-12,15H,8,13-14H2,1H3,(H,22,26)(H,23,24,25). The minimum atomic E-state index is -0.234. The summed E-state index contributed by atoms with van der Waals surface area (Å²) in [6, 6.07) is 21.0. The predicted molar refractivity (Wildman–Crippen MR) is 106 cm³/mol. The van der Waals surface area contributed by atoms with Crippen LogP contribution >= 0.6 is 0 Å². The molecule has 0 atom stereocenters. The number of methoxy groups -OCH3 is 1. The lowest BCUT2D eigenvalue weighted by Gasteiger charge is -2.11. The quantitative estimate of drug-likeness (QED) is 0.598. The Balaban J connectivity index is 1.87. The number of amides is 1. The molecule has 0 unspecified atom stereocenters. The molecule has 138 valence electrons. The topological polar surface area (TPSA) is 76.1 Å². The summed E-state index contributed by atoms with van der Waals surface area (Å²) in [4.78, 5) is 21.5. The van der Waals surface area contributed by atoms with Crippen molar-refractivity contribution >= 4 is 17.4 Å². The highest BCUT2D eigenvalue weighted by Gasteiger charge is 2.13. The van der Waals surface area contributed by atoms with Gasteiger partial charge in [0.1, 0.15) is 11.5 Å². The van der Waals surface area contributed by atoms with Crippen molar-refractivity contribution in [2.75, 3.05) is 25.6 Å². The zero-order valence-electron chi connectivity index (χ0n) is 15.2. The van der Waals surface area contributed by atoms with Gasteiger partial charge in [0, 0.05) is 37.6 Å². The second kappa shape index (κ2) is 9.45. The summed E-state index contributed by atoms with van der Waals surface area (Å²) >= 11 is 0. The molecule has 0 saturated heterocycles. The van der Waals surface area contributed by atoms with Gasteiger partial charge in [-0.25, -0.2) is 9.97 Å². The lowest BCUT2D eigenvalue weighted by molar-refractivity contribution is 0.0943. The van der Waals surface area contributed by atoms with Crippen molar-refractivity contribution in [2.24, 2.45) is 0 Å². The fourth-order valence-corrected chi connectivity index (χ4v) is 2.52. The van der Waals surface area contributed by atoms with Crippen molar-refractivity contribution in [1.29, 1.82) is 0 Å². The molecule has 0 aliphatic carbocycles. The van der Waals surface area contributed by atoms with Gasteiger partial charge in [-0.1, -0.05) is 48.5 Å². The number of anilines is 2. The van der Waals surface area contributed by atoms with Gasteiger partial charge in [0.05, 0.1) is 0 Å². The molecule has 2 N–H and O–H groups in total. The number of hydrogen-bond donors (Lipinski definition) is 2. The Bertz CT molecular complexity index is 870. The van der Waals surface area contributed by atoms with Crippen molar-refractivity contribution in [3.05, 3.63) is 72.4 Å². The summed E-state index contributed by atoms with van der Waals surface area (Å²) in [5.41, 5.74) is 2.06. The van der Waals surface area contributed by atoms with Gasteiger partial charge in [0.15, 0.2) is 5.82 Å². The second-order valence-corrected chi connectivity index (χ2v) is 5.92. The van der Waals surface area contributed by atoms with Crippen LogP contribution in [0.4, 0.5) is 11.5 Å². The Morgan fingerprint density at radius 3 is 2.41 bits per heavy atom. The van der Waals surface area contributed by atoms with Crippen LogP contribution in [0.25, 0.3) is 11.4 Å². The van der Waals surface area contributed by atoms with E-state index in [1.54, 1.807) is 13.2 Å². The van der Waals surface area contributed by atoms with E-state index in [2.05, 4.69) is 20.6 Å². The van der Waals surface area contributed by atoms with Gasteiger partial charge < -0.3 is 15.4 Å². The van der Waals surface area contributed by atoms with Crippen LogP contribution in [0.2, 0.25) is 0 Å². The van der Waals surface area contributed by atoms with Crippen LogP contribution in [0, 0.1) is 0 Å². The van der Waals surface area contributed by atoms with Crippen molar-refractivity contribution in [3.8, 4) is 11.4 Å². The average Bonchev–Trinajstić information content (AvgIpc) is 2.72. The van der Waals surface area contributed by atoms with Gasteiger partial charge in [-0.3, -0.25) is 4.79 Å². The van der Waals surface area contributed by atoms with Gasteiger partial charge in [-0.15, -0.1) is 0 Å². The molecule has 3 aromatic rings. The third-order valence-corrected chi connectivity index (χ3v) is 3.85. The maximum atomic E-state index is 12.5. The van der Waals surface area contributed by atoms with E-state index >= 15 is 0 Å². The number of benzene rings is 2. The Labute approximate surface area is 158 Å². The van der Waals surface area contributed by atoms with Crippen LogP contribution in [0.1, 0.15) is 16.9 Å². The van der Waals surface area contributed by atoms with Gasteiger partial charge in [-0.2, -0.15) is 0 Å². The number of para-hydroxylation sites is 1. The number of carbonyl (C=O) groups excluding carboxylic acids is 1. The number of hydrogen-bond acceptors (Lipinski definition) is 5. The number of aromatic nitrogens is 2. The highest BCUT2D eigenvalue weighted by molar-refractivity contribution is 5.93. The summed E-state index contributed by atoms with van der Waals surface area (Å²) in [5, 5.41) is 6.10. The van der Waals surface area contributed by atoms with Crippen LogP contribution in [0.5, 0.6) is 0 Å². The van der Waals surface area contributed by atoms with E-state index in [1.165, 1.54) is 0 Å². The Kier molecular flexibility index (Phi) is 6.49. The minimum Gasteiger partial charge on any atom is -0.385 e. The van der Waals surface area contributed by atoms with Gasteiger partial charge in [0.2, 0.25) is 0 Å². The summed E-state index contributed by atoms with van der Waals surface area (Å²) < 4.78 is 5.00. The molecule has 1 heterocycles. The molecule has 0 spiro atoms. The van der Waals surface area contributed by atoms with E-state index in [4.69, 9.17) is 4.74 Å². The summed E-state index contributed by atoms with van der Waals surface area (Å²) in [7, 11) is 1.64. The van der Waals surface area contributed by atoms with E-state index < -0.39 is 0 Å². The highest BCUT2D eigenvalue weighted by atomic mass is 16.5. The van der Waals surface area contributed by atoms with E-state index in [9.17, 15) is 4.79 Å². The van der Waals surface area contributed by atoms with Gasteiger partial charge in [0.25, 0.3) is 5.91 Å². The first-order valence-corrected chi connectivity index (χ1v) is 8.80. The third kappa shape index (κ3) is 5.36. The number of rotatable bonds is 8. The molecule has 6 heteroatoms. The van der Waals surface area contributed by atoms with Crippen molar-refractivity contribution in [2.45, 2.75) is 6.42 Å². The molecule has 0 aliphatic heterocycles. The summed E-state index contributed by atoms with van der Waals surface area (Å²) in [6.07, 6.45) is 0.744. The van der Waals surface area contributed by atoms with Crippen LogP contribution in [-0.2, 0) is 4.74 Å². The molecule has 0 aliphatic rings. The van der Waals surface area contributed by atoms with E-state index in [1.807, 2.05) is 60.7 Å². The third-order valence-electron chi connectivity index (χ3n) is 3.85. The van der Waals surface area contributed by atoms with E-state index in [-0.39, 0.29) is 5.91 Å². The predicted octanol–water partition coefficient (Wildman–Crippen LogP) is 3.65. The molecule has 2 aromatic carbocycles. The molecular formula is C21H22N4O2. The lowest BCUT2D eigenvalue weighted by Crippen LogP contribution is -2.26. The molecule has 0 radical (unpaired) electrons. The zero-order chi connectivity index (χ0) is 18.9. The lowest BCUT2D eigenvalue weighted by atomic mass is 10.2. The van der Waals surface area contributed by atoms with Crippen molar-refractivity contribution < 1.29 is 9.53 Å². The van der Waals surface area contributed by atoms with Crippen LogP contribution in [0.3, 0.4) is 0 Å². The van der Waals surface area contributed by atoms with Crippen LogP contribution < -0.4 is 10.6 Å². The Hall–Kier alpha value is -3.25.